The Morgan fingerprint density at radius 1 is 1.27 bits per heavy atom. The first-order chi connectivity index (χ1) is 7.24. The molecule has 1 N–H and O–H groups in total. The molecule has 0 aromatic carbocycles. The fraction of sp³-hybridized carbons (Fsp3) is 1.00. The predicted molar refractivity (Wildman–Crippen MR) is 66.0 cm³/mol. The number of rotatable bonds is 6. The van der Waals surface area contributed by atoms with Crippen molar-refractivity contribution < 1.29 is 0 Å². The van der Waals surface area contributed by atoms with E-state index in [-0.39, 0.29) is 0 Å². The highest BCUT2D eigenvalue weighted by atomic mass is 14.9. The third-order valence-electron chi connectivity index (χ3n) is 4.60. The van der Waals surface area contributed by atoms with Gasteiger partial charge in [0.15, 0.2) is 0 Å². The van der Waals surface area contributed by atoms with Crippen LogP contribution in [0.1, 0.15) is 65.2 Å². The Hall–Kier alpha value is -0.0400. The molecule has 15 heavy (non-hydrogen) atoms. The molecule has 2 fully saturated rings. The minimum absolute atomic E-state index is 0.616. The molecule has 0 heterocycles. The zero-order valence-corrected chi connectivity index (χ0v) is 10.5. The van der Waals surface area contributed by atoms with Crippen LogP contribution in [0.2, 0.25) is 0 Å². The maximum atomic E-state index is 3.75. The molecular formula is C14H27N. The van der Waals surface area contributed by atoms with Gasteiger partial charge in [-0.3, -0.25) is 0 Å². The molecule has 2 saturated carbocycles. The fourth-order valence-corrected chi connectivity index (χ4v) is 3.28. The van der Waals surface area contributed by atoms with Crippen LogP contribution in [0.4, 0.5) is 0 Å². The van der Waals surface area contributed by atoms with Gasteiger partial charge < -0.3 is 5.32 Å². The zero-order chi connectivity index (χ0) is 10.7. The van der Waals surface area contributed by atoms with Gasteiger partial charge in [-0.2, -0.15) is 0 Å². The Balaban J connectivity index is 1.84. The summed E-state index contributed by atoms with van der Waals surface area (Å²) in [6.07, 6.45) is 11.8. The van der Waals surface area contributed by atoms with Crippen molar-refractivity contribution >= 4 is 0 Å². The lowest BCUT2D eigenvalue weighted by molar-refractivity contribution is 0.207. The lowest BCUT2D eigenvalue weighted by atomic mass is 9.78. The summed E-state index contributed by atoms with van der Waals surface area (Å²) in [6.45, 7) is 5.91. The highest BCUT2D eigenvalue weighted by Crippen LogP contribution is 2.43. The second-order valence-corrected chi connectivity index (χ2v) is 5.99. The Bertz CT molecular complexity index is 190. The van der Waals surface area contributed by atoms with Crippen LogP contribution in [0.3, 0.4) is 0 Å². The van der Waals surface area contributed by atoms with Gasteiger partial charge in [0.05, 0.1) is 0 Å². The molecule has 0 aliphatic heterocycles. The first-order valence-electron chi connectivity index (χ1n) is 6.98. The minimum atomic E-state index is 0.616. The summed E-state index contributed by atoms with van der Waals surface area (Å²) in [5, 5.41) is 3.75. The average molecular weight is 209 g/mol. The maximum Gasteiger partial charge on any atom is 0.0121 e. The van der Waals surface area contributed by atoms with Gasteiger partial charge in [0.2, 0.25) is 0 Å². The number of hydrogen-bond donors (Lipinski definition) is 1. The van der Waals surface area contributed by atoms with E-state index in [1.807, 2.05) is 0 Å². The first-order valence-corrected chi connectivity index (χ1v) is 6.98. The Morgan fingerprint density at radius 2 is 1.93 bits per heavy atom. The van der Waals surface area contributed by atoms with Crippen molar-refractivity contribution in [1.82, 2.24) is 5.32 Å². The maximum absolute atomic E-state index is 3.75. The van der Waals surface area contributed by atoms with Crippen LogP contribution in [0, 0.1) is 11.3 Å². The van der Waals surface area contributed by atoms with Gasteiger partial charge in [-0.15, -0.1) is 0 Å². The van der Waals surface area contributed by atoms with Crippen molar-refractivity contribution in [2.45, 2.75) is 71.3 Å². The topological polar surface area (TPSA) is 12.0 Å². The number of nitrogens with one attached hydrogen (secondary N) is 1. The Labute approximate surface area is 95.0 Å². The summed E-state index contributed by atoms with van der Waals surface area (Å²) in [4.78, 5) is 0. The molecule has 1 unspecified atom stereocenters. The van der Waals surface area contributed by atoms with Gasteiger partial charge in [-0.25, -0.2) is 0 Å². The molecule has 0 bridgehead atoms. The summed E-state index contributed by atoms with van der Waals surface area (Å²) in [5.41, 5.74) is 0.616. The lowest BCUT2D eigenvalue weighted by Gasteiger charge is -2.35. The van der Waals surface area contributed by atoms with Crippen molar-refractivity contribution in [1.29, 1.82) is 0 Å². The standard InChI is InChI=1S/C14H27N/c1-3-15-13(9-8-12-6-7-12)14(2)10-4-5-11-14/h12-13,15H,3-11H2,1-2H3. The lowest BCUT2D eigenvalue weighted by Crippen LogP contribution is -2.42. The van der Waals surface area contributed by atoms with Crippen molar-refractivity contribution in [3.05, 3.63) is 0 Å². The van der Waals surface area contributed by atoms with E-state index < -0.39 is 0 Å². The smallest absolute Gasteiger partial charge is 0.0121 e. The molecule has 2 rings (SSSR count). The Morgan fingerprint density at radius 3 is 2.47 bits per heavy atom. The van der Waals surface area contributed by atoms with Gasteiger partial charge in [0, 0.05) is 6.04 Å². The molecule has 2 aliphatic carbocycles. The van der Waals surface area contributed by atoms with Crippen molar-refractivity contribution in [2.75, 3.05) is 6.54 Å². The molecule has 0 spiro atoms. The average Bonchev–Trinajstić information content (AvgIpc) is 2.95. The molecule has 1 heteroatoms. The Kier molecular flexibility index (Phi) is 3.71. The second kappa shape index (κ2) is 4.86. The summed E-state index contributed by atoms with van der Waals surface area (Å²) < 4.78 is 0. The van der Waals surface area contributed by atoms with Gasteiger partial charge in [-0.05, 0) is 43.6 Å². The van der Waals surface area contributed by atoms with Crippen LogP contribution >= 0.6 is 0 Å². The zero-order valence-electron chi connectivity index (χ0n) is 10.5. The van der Waals surface area contributed by atoms with E-state index in [0.717, 1.165) is 18.5 Å². The van der Waals surface area contributed by atoms with Crippen molar-refractivity contribution in [2.24, 2.45) is 11.3 Å². The van der Waals surface area contributed by atoms with Crippen LogP contribution in [0.5, 0.6) is 0 Å². The molecule has 2 aliphatic rings. The fourth-order valence-electron chi connectivity index (χ4n) is 3.28. The van der Waals surface area contributed by atoms with E-state index in [1.54, 1.807) is 0 Å². The molecule has 0 saturated heterocycles. The monoisotopic (exact) mass is 209 g/mol. The van der Waals surface area contributed by atoms with E-state index >= 15 is 0 Å². The van der Waals surface area contributed by atoms with Crippen molar-refractivity contribution in [3.63, 3.8) is 0 Å². The van der Waals surface area contributed by atoms with Crippen molar-refractivity contribution in [3.8, 4) is 0 Å². The number of hydrogen-bond acceptors (Lipinski definition) is 1. The van der Waals surface area contributed by atoms with Gasteiger partial charge >= 0.3 is 0 Å². The minimum Gasteiger partial charge on any atom is -0.314 e. The molecule has 1 nitrogen and oxygen atoms in total. The van der Waals surface area contributed by atoms with E-state index in [4.69, 9.17) is 0 Å². The van der Waals surface area contributed by atoms with E-state index in [9.17, 15) is 0 Å². The van der Waals surface area contributed by atoms with Gasteiger partial charge in [0.1, 0.15) is 0 Å². The molecule has 0 amide bonds. The van der Waals surface area contributed by atoms with Crippen LogP contribution in [0.15, 0.2) is 0 Å². The SMILES string of the molecule is CCNC(CCC1CC1)C1(C)CCCC1. The summed E-state index contributed by atoms with van der Waals surface area (Å²) in [7, 11) is 0. The van der Waals surface area contributed by atoms with Gasteiger partial charge in [0.25, 0.3) is 0 Å². The molecule has 0 aromatic heterocycles. The second-order valence-electron chi connectivity index (χ2n) is 5.99. The van der Waals surface area contributed by atoms with E-state index in [0.29, 0.717) is 5.41 Å². The highest BCUT2D eigenvalue weighted by molar-refractivity contribution is 4.92. The third-order valence-corrected chi connectivity index (χ3v) is 4.60. The normalized spacial score (nSPS) is 26.8. The quantitative estimate of drug-likeness (QED) is 0.703. The van der Waals surface area contributed by atoms with Crippen LogP contribution in [0.25, 0.3) is 0 Å². The highest BCUT2D eigenvalue weighted by Gasteiger charge is 2.37. The van der Waals surface area contributed by atoms with E-state index in [2.05, 4.69) is 19.2 Å². The van der Waals surface area contributed by atoms with Crippen LogP contribution in [-0.4, -0.2) is 12.6 Å². The molecular weight excluding hydrogens is 182 g/mol. The molecule has 88 valence electrons. The molecule has 1 atom stereocenters. The largest absolute Gasteiger partial charge is 0.314 e. The summed E-state index contributed by atoms with van der Waals surface area (Å²) in [6, 6.07) is 0.797. The summed E-state index contributed by atoms with van der Waals surface area (Å²) >= 11 is 0. The van der Waals surface area contributed by atoms with Gasteiger partial charge in [-0.1, -0.05) is 39.5 Å². The first kappa shape index (κ1) is 11.4. The molecule has 0 radical (unpaired) electrons. The third kappa shape index (κ3) is 2.96. The summed E-state index contributed by atoms with van der Waals surface area (Å²) in [5.74, 6) is 1.09. The molecule has 0 aromatic rings. The van der Waals surface area contributed by atoms with Crippen LogP contribution in [-0.2, 0) is 0 Å². The van der Waals surface area contributed by atoms with E-state index in [1.165, 1.54) is 51.4 Å². The van der Waals surface area contributed by atoms with Crippen LogP contribution < -0.4 is 5.32 Å². The predicted octanol–water partition coefficient (Wildman–Crippen LogP) is 3.74.